The van der Waals surface area contributed by atoms with Crippen molar-refractivity contribution in [2.24, 2.45) is 0 Å². The number of rotatable bonds is 1. The lowest BCUT2D eigenvalue weighted by atomic mass is 10.2. The van der Waals surface area contributed by atoms with Crippen LogP contribution in [-0.4, -0.2) is 23.3 Å². The molecule has 2 heterocycles. The smallest absolute Gasteiger partial charge is 0.206 e. The first-order chi connectivity index (χ1) is 6.36. The van der Waals surface area contributed by atoms with Crippen LogP contribution in [0.1, 0.15) is 25.7 Å². The first-order valence-corrected chi connectivity index (χ1v) is 5.89. The van der Waals surface area contributed by atoms with Crippen molar-refractivity contribution >= 4 is 28.7 Å². The number of aromatic nitrogens is 2. The van der Waals surface area contributed by atoms with Crippen LogP contribution < -0.4 is 4.90 Å². The number of hydrogen-bond acceptors (Lipinski definition) is 4. The molecule has 1 aliphatic heterocycles. The summed E-state index contributed by atoms with van der Waals surface area (Å²) in [6.07, 6.45) is 5.28. The molecule has 72 valence electrons. The second kappa shape index (κ2) is 4.19. The van der Waals surface area contributed by atoms with E-state index in [2.05, 4.69) is 15.1 Å². The average molecular weight is 215 g/mol. The minimum absolute atomic E-state index is 0.777. The SMILES string of the molecule is S=c1[nH]nc(N2CCCCCC2)s1. The van der Waals surface area contributed by atoms with Gasteiger partial charge in [0, 0.05) is 13.1 Å². The van der Waals surface area contributed by atoms with Gasteiger partial charge in [-0.05, 0) is 25.1 Å². The highest BCUT2D eigenvalue weighted by atomic mass is 32.1. The lowest BCUT2D eigenvalue weighted by Gasteiger charge is -2.17. The Kier molecular flexibility index (Phi) is 2.95. The zero-order valence-corrected chi connectivity index (χ0v) is 9.09. The van der Waals surface area contributed by atoms with Crippen LogP contribution in [0.2, 0.25) is 0 Å². The van der Waals surface area contributed by atoms with Crippen molar-refractivity contribution in [2.75, 3.05) is 18.0 Å². The van der Waals surface area contributed by atoms with Crippen LogP contribution in [0, 0.1) is 3.95 Å². The number of nitrogens with one attached hydrogen (secondary N) is 1. The molecule has 2 rings (SSSR count). The number of anilines is 1. The minimum Gasteiger partial charge on any atom is -0.347 e. The third kappa shape index (κ3) is 2.28. The molecule has 1 aliphatic rings. The third-order valence-corrected chi connectivity index (χ3v) is 3.45. The highest BCUT2D eigenvalue weighted by Crippen LogP contribution is 2.21. The van der Waals surface area contributed by atoms with Gasteiger partial charge in [0.15, 0.2) is 3.95 Å². The van der Waals surface area contributed by atoms with Crippen molar-refractivity contribution in [3.05, 3.63) is 3.95 Å². The second-order valence-corrected chi connectivity index (χ2v) is 4.94. The summed E-state index contributed by atoms with van der Waals surface area (Å²) in [5.74, 6) is 0. The molecule has 0 unspecified atom stereocenters. The monoisotopic (exact) mass is 215 g/mol. The van der Waals surface area contributed by atoms with Gasteiger partial charge < -0.3 is 4.90 Å². The summed E-state index contributed by atoms with van der Waals surface area (Å²) >= 11 is 6.59. The fourth-order valence-electron chi connectivity index (χ4n) is 1.62. The van der Waals surface area contributed by atoms with Gasteiger partial charge in [0.05, 0.1) is 0 Å². The van der Waals surface area contributed by atoms with E-state index < -0.39 is 0 Å². The molecular formula is C8H13N3S2. The van der Waals surface area contributed by atoms with Crippen LogP contribution in [0.4, 0.5) is 5.13 Å². The van der Waals surface area contributed by atoms with Gasteiger partial charge in [-0.2, -0.15) is 0 Å². The summed E-state index contributed by atoms with van der Waals surface area (Å²) < 4.78 is 0.777. The predicted molar refractivity (Wildman–Crippen MR) is 58.0 cm³/mol. The Hall–Kier alpha value is -0.420. The molecule has 1 saturated heterocycles. The average Bonchev–Trinajstić information content (AvgIpc) is 2.43. The molecule has 0 atom stereocenters. The van der Waals surface area contributed by atoms with Crippen molar-refractivity contribution in [3.8, 4) is 0 Å². The molecule has 0 spiro atoms. The van der Waals surface area contributed by atoms with Gasteiger partial charge in [0.25, 0.3) is 0 Å². The first kappa shape index (κ1) is 9.15. The van der Waals surface area contributed by atoms with E-state index in [1.807, 2.05) is 0 Å². The molecule has 0 aliphatic carbocycles. The molecule has 13 heavy (non-hydrogen) atoms. The maximum atomic E-state index is 5.01. The van der Waals surface area contributed by atoms with E-state index >= 15 is 0 Å². The third-order valence-electron chi connectivity index (χ3n) is 2.30. The summed E-state index contributed by atoms with van der Waals surface area (Å²) in [5.41, 5.74) is 0. The van der Waals surface area contributed by atoms with Crippen LogP contribution in [0.15, 0.2) is 0 Å². The molecular weight excluding hydrogens is 202 g/mol. The standard InChI is InChI=1S/C8H13N3S2/c12-8-10-9-7(13-8)11-5-3-1-2-4-6-11/h1-6H2,(H,10,12). The molecule has 0 amide bonds. The van der Waals surface area contributed by atoms with Crippen LogP contribution in [0.25, 0.3) is 0 Å². The summed E-state index contributed by atoms with van der Waals surface area (Å²) in [4.78, 5) is 2.34. The number of nitrogens with zero attached hydrogens (tertiary/aromatic N) is 2. The molecule has 1 aromatic heterocycles. The minimum atomic E-state index is 0.777. The van der Waals surface area contributed by atoms with Crippen LogP contribution >= 0.6 is 23.6 Å². The number of aromatic amines is 1. The Balaban J connectivity index is 2.10. The maximum Gasteiger partial charge on any atom is 0.206 e. The van der Waals surface area contributed by atoms with Gasteiger partial charge >= 0.3 is 0 Å². The van der Waals surface area contributed by atoms with Gasteiger partial charge in [0.1, 0.15) is 0 Å². The van der Waals surface area contributed by atoms with Crippen LogP contribution in [0.5, 0.6) is 0 Å². The topological polar surface area (TPSA) is 31.9 Å². The molecule has 1 aromatic rings. The lowest BCUT2D eigenvalue weighted by molar-refractivity contribution is 0.726. The van der Waals surface area contributed by atoms with Crippen LogP contribution in [0.3, 0.4) is 0 Å². The fourth-order valence-corrected chi connectivity index (χ4v) is 2.55. The van der Waals surface area contributed by atoms with Crippen molar-refractivity contribution in [3.63, 3.8) is 0 Å². The summed E-state index contributed by atoms with van der Waals surface area (Å²) in [7, 11) is 0. The summed E-state index contributed by atoms with van der Waals surface area (Å²) in [6, 6.07) is 0. The Bertz CT molecular complexity index is 309. The highest BCUT2D eigenvalue weighted by molar-refractivity contribution is 7.73. The van der Waals surface area contributed by atoms with Gasteiger partial charge in [-0.3, -0.25) is 5.10 Å². The Morgan fingerprint density at radius 1 is 1.23 bits per heavy atom. The van der Waals surface area contributed by atoms with E-state index in [0.717, 1.165) is 22.2 Å². The van der Waals surface area contributed by atoms with Gasteiger partial charge in [-0.25, -0.2) is 0 Å². The van der Waals surface area contributed by atoms with E-state index in [-0.39, 0.29) is 0 Å². The first-order valence-electron chi connectivity index (χ1n) is 4.67. The predicted octanol–water partition coefficient (Wildman–Crippen LogP) is 2.58. The molecule has 3 nitrogen and oxygen atoms in total. The Labute approximate surface area is 86.8 Å². The molecule has 0 saturated carbocycles. The second-order valence-electron chi connectivity index (χ2n) is 3.30. The van der Waals surface area contributed by atoms with Gasteiger partial charge in [-0.1, -0.05) is 24.2 Å². The van der Waals surface area contributed by atoms with Crippen molar-refractivity contribution in [1.29, 1.82) is 0 Å². The Morgan fingerprint density at radius 2 is 1.92 bits per heavy atom. The van der Waals surface area contributed by atoms with Crippen molar-refractivity contribution in [2.45, 2.75) is 25.7 Å². The number of hydrogen-bond donors (Lipinski definition) is 1. The van der Waals surface area contributed by atoms with Crippen molar-refractivity contribution in [1.82, 2.24) is 10.2 Å². The zero-order chi connectivity index (χ0) is 9.10. The quantitative estimate of drug-likeness (QED) is 0.731. The van der Waals surface area contributed by atoms with Crippen molar-refractivity contribution < 1.29 is 0 Å². The van der Waals surface area contributed by atoms with Crippen LogP contribution in [-0.2, 0) is 0 Å². The number of H-pyrrole nitrogens is 1. The molecule has 0 bridgehead atoms. The zero-order valence-electron chi connectivity index (χ0n) is 7.45. The van der Waals surface area contributed by atoms with Gasteiger partial charge in [-0.15, -0.1) is 5.10 Å². The molecule has 5 heteroatoms. The normalized spacial score (nSPS) is 18.6. The van der Waals surface area contributed by atoms with E-state index in [4.69, 9.17) is 12.2 Å². The lowest BCUT2D eigenvalue weighted by Crippen LogP contribution is -2.23. The largest absolute Gasteiger partial charge is 0.347 e. The highest BCUT2D eigenvalue weighted by Gasteiger charge is 2.11. The molecule has 1 N–H and O–H groups in total. The molecule has 0 radical (unpaired) electrons. The fraction of sp³-hybridized carbons (Fsp3) is 0.750. The van der Waals surface area contributed by atoms with E-state index in [9.17, 15) is 0 Å². The summed E-state index contributed by atoms with van der Waals surface area (Å²) in [6.45, 7) is 2.27. The maximum absolute atomic E-state index is 5.01. The Morgan fingerprint density at radius 3 is 2.46 bits per heavy atom. The van der Waals surface area contributed by atoms with Gasteiger partial charge in [0.2, 0.25) is 5.13 Å². The summed E-state index contributed by atoms with van der Waals surface area (Å²) in [5, 5.41) is 8.09. The van der Waals surface area contributed by atoms with E-state index in [0.29, 0.717) is 0 Å². The molecule has 1 fully saturated rings. The molecule has 0 aromatic carbocycles. The van der Waals surface area contributed by atoms with E-state index in [1.165, 1.54) is 25.7 Å². The van der Waals surface area contributed by atoms with E-state index in [1.54, 1.807) is 11.3 Å².